The molecular formula is C7H12ClN3O2. The van der Waals surface area contributed by atoms with Crippen LogP contribution in [0.5, 0.6) is 0 Å². The summed E-state index contributed by atoms with van der Waals surface area (Å²) in [5, 5.41) is 2.54. The van der Waals surface area contributed by atoms with Crippen LogP contribution in [0.25, 0.3) is 0 Å². The van der Waals surface area contributed by atoms with Crippen molar-refractivity contribution in [2.45, 2.75) is 18.5 Å². The molecule has 0 aromatic rings. The average Bonchev–Trinajstić information content (AvgIpc) is 2.41. The van der Waals surface area contributed by atoms with Crippen LogP contribution in [0.2, 0.25) is 0 Å². The van der Waals surface area contributed by atoms with Crippen molar-refractivity contribution >= 4 is 24.2 Å². The van der Waals surface area contributed by atoms with Gasteiger partial charge in [0.05, 0.1) is 6.54 Å². The number of halogens is 1. The van der Waals surface area contributed by atoms with Crippen molar-refractivity contribution in [3.63, 3.8) is 0 Å². The van der Waals surface area contributed by atoms with Crippen LogP contribution in [0.3, 0.4) is 0 Å². The number of amides is 2. The Hall–Kier alpha value is -0.810. The lowest BCUT2D eigenvalue weighted by molar-refractivity contribution is -0.143. The first-order valence-corrected chi connectivity index (χ1v) is 4.01. The second-order valence-electron chi connectivity index (χ2n) is 3.28. The van der Waals surface area contributed by atoms with Crippen molar-refractivity contribution < 1.29 is 9.59 Å². The molecule has 3 N–H and O–H groups in total. The van der Waals surface area contributed by atoms with Crippen molar-refractivity contribution in [3.8, 4) is 0 Å². The van der Waals surface area contributed by atoms with Gasteiger partial charge in [0, 0.05) is 12.6 Å². The second kappa shape index (κ2) is 3.51. The molecule has 0 radical (unpaired) electrons. The first-order chi connectivity index (χ1) is 5.68. The van der Waals surface area contributed by atoms with Gasteiger partial charge in [0.25, 0.3) is 0 Å². The molecule has 2 fully saturated rings. The maximum absolute atomic E-state index is 11.2. The van der Waals surface area contributed by atoms with Crippen LogP contribution < -0.4 is 11.1 Å². The molecule has 6 heteroatoms. The van der Waals surface area contributed by atoms with Crippen molar-refractivity contribution in [1.82, 2.24) is 10.2 Å². The summed E-state index contributed by atoms with van der Waals surface area (Å²) in [7, 11) is 0. The average molecular weight is 206 g/mol. The Morgan fingerprint density at radius 2 is 2.15 bits per heavy atom. The van der Waals surface area contributed by atoms with Gasteiger partial charge in [-0.2, -0.15) is 0 Å². The molecule has 74 valence electrons. The fourth-order valence-electron chi connectivity index (χ4n) is 1.77. The van der Waals surface area contributed by atoms with Gasteiger partial charge in [0.1, 0.15) is 6.04 Å². The summed E-state index contributed by atoms with van der Waals surface area (Å²) in [6.07, 6.45) is 0.595. The molecule has 0 spiro atoms. The van der Waals surface area contributed by atoms with E-state index in [1.807, 2.05) is 0 Å². The van der Waals surface area contributed by atoms with Gasteiger partial charge in [0.15, 0.2) is 0 Å². The molecule has 0 unspecified atom stereocenters. The maximum atomic E-state index is 11.2. The highest BCUT2D eigenvalue weighted by Crippen LogP contribution is 2.18. The summed E-state index contributed by atoms with van der Waals surface area (Å²) in [4.78, 5) is 24.0. The summed E-state index contributed by atoms with van der Waals surface area (Å²) in [5.74, 6) is -0.0879. The van der Waals surface area contributed by atoms with E-state index in [1.165, 1.54) is 0 Å². The third kappa shape index (κ3) is 1.62. The number of nitrogens with zero attached hydrogens (tertiary/aromatic N) is 1. The van der Waals surface area contributed by atoms with Crippen LogP contribution in [-0.4, -0.2) is 41.9 Å². The highest BCUT2D eigenvalue weighted by Gasteiger charge is 2.40. The number of nitrogens with one attached hydrogen (secondary N) is 1. The minimum atomic E-state index is -0.304. The summed E-state index contributed by atoms with van der Waals surface area (Å²) in [6, 6.07) is -0.343. The Kier molecular flexibility index (Phi) is 2.77. The molecule has 2 aliphatic heterocycles. The molecule has 2 heterocycles. The highest BCUT2D eigenvalue weighted by molar-refractivity contribution is 5.95. The molecule has 0 aromatic carbocycles. The second-order valence-corrected chi connectivity index (χ2v) is 3.28. The van der Waals surface area contributed by atoms with Crippen LogP contribution in [0.4, 0.5) is 0 Å². The van der Waals surface area contributed by atoms with Crippen LogP contribution in [0.1, 0.15) is 6.42 Å². The largest absolute Gasteiger partial charge is 0.345 e. The number of hydrogen-bond acceptors (Lipinski definition) is 3. The van der Waals surface area contributed by atoms with Gasteiger partial charge in [0.2, 0.25) is 11.8 Å². The van der Waals surface area contributed by atoms with E-state index in [0.29, 0.717) is 13.0 Å². The van der Waals surface area contributed by atoms with Crippen LogP contribution in [-0.2, 0) is 9.59 Å². The SMILES string of the molecule is Cl.N[C@H]1C[C@H]2C(=O)NCC(=O)N2C1. The Morgan fingerprint density at radius 1 is 1.46 bits per heavy atom. The topological polar surface area (TPSA) is 75.4 Å². The van der Waals surface area contributed by atoms with E-state index in [2.05, 4.69) is 5.32 Å². The summed E-state index contributed by atoms with van der Waals surface area (Å²) in [5.41, 5.74) is 5.64. The Labute approximate surface area is 82.0 Å². The van der Waals surface area contributed by atoms with Crippen LogP contribution >= 0.6 is 12.4 Å². The third-order valence-electron chi connectivity index (χ3n) is 2.37. The van der Waals surface area contributed by atoms with Crippen LogP contribution in [0, 0.1) is 0 Å². The number of fused-ring (bicyclic) bond motifs is 1. The van der Waals surface area contributed by atoms with Gasteiger partial charge in [-0.15, -0.1) is 12.4 Å². The molecule has 0 saturated carbocycles. The van der Waals surface area contributed by atoms with E-state index in [1.54, 1.807) is 4.90 Å². The van der Waals surface area contributed by atoms with Gasteiger partial charge in [-0.25, -0.2) is 0 Å². The van der Waals surface area contributed by atoms with Gasteiger partial charge < -0.3 is 16.0 Å². The Bertz CT molecular complexity index is 222. The monoisotopic (exact) mass is 205 g/mol. The number of piperazine rings is 1. The van der Waals surface area contributed by atoms with Crippen molar-refractivity contribution in [2.75, 3.05) is 13.1 Å². The molecular weight excluding hydrogens is 194 g/mol. The van der Waals surface area contributed by atoms with Gasteiger partial charge in [-0.1, -0.05) is 0 Å². The zero-order valence-corrected chi connectivity index (χ0v) is 7.84. The van der Waals surface area contributed by atoms with Crippen molar-refractivity contribution in [2.24, 2.45) is 5.73 Å². The zero-order valence-electron chi connectivity index (χ0n) is 7.03. The molecule has 2 rings (SSSR count). The fraction of sp³-hybridized carbons (Fsp3) is 0.714. The van der Waals surface area contributed by atoms with Crippen molar-refractivity contribution in [1.29, 1.82) is 0 Å². The molecule has 2 atom stereocenters. The summed E-state index contributed by atoms with van der Waals surface area (Å²) < 4.78 is 0. The van der Waals surface area contributed by atoms with E-state index in [9.17, 15) is 9.59 Å². The van der Waals surface area contributed by atoms with Crippen LogP contribution in [0.15, 0.2) is 0 Å². The molecule has 0 bridgehead atoms. The molecule has 13 heavy (non-hydrogen) atoms. The van der Waals surface area contributed by atoms with Gasteiger partial charge in [-0.05, 0) is 6.42 Å². The number of rotatable bonds is 0. The zero-order chi connectivity index (χ0) is 8.72. The maximum Gasteiger partial charge on any atom is 0.243 e. The van der Waals surface area contributed by atoms with E-state index in [-0.39, 0.29) is 42.8 Å². The van der Waals surface area contributed by atoms with E-state index >= 15 is 0 Å². The first-order valence-electron chi connectivity index (χ1n) is 4.01. The van der Waals surface area contributed by atoms with Gasteiger partial charge in [-0.3, -0.25) is 9.59 Å². The van der Waals surface area contributed by atoms with E-state index in [4.69, 9.17) is 5.73 Å². The lowest BCUT2D eigenvalue weighted by atomic mass is 10.1. The molecule has 0 aliphatic carbocycles. The Balaban J connectivity index is 0.000000845. The molecule has 2 amide bonds. The number of carbonyl (C=O) groups excluding carboxylic acids is 2. The van der Waals surface area contributed by atoms with E-state index in [0.717, 1.165) is 0 Å². The molecule has 5 nitrogen and oxygen atoms in total. The summed E-state index contributed by atoms with van der Waals surface area (Å²) in [6.45, 7) is 0.652. The molecule has 0 aromatic heterocycles. The number of hydrogen-bond donors (Lipinski definition) is 2. The molecule has 2 saturated heterocycles. The summed E-state index contributed by atoms with van der Waals surface area (Å²) >= 11 is 0. The fourth-order valence-corrected chi connectivity index (χ4v) is 1.77. The normalized spacial score (nSPS) is 32.2. The predicted molar refractivity (Wildman–Crippen MR) is 48.4 cm³/mol. The number of nitrogens with two attached hydrogens (primary N) is 1. The lowest BCUT2D eigenvalue weighted by Gasteiger charge is -2.28. The minimum absolute atomic E-state index is 0. The lowest BCUT2D eigenvalue weighted by Crippen LogP contribution is -2.55. The smallest absolute Gasteiger partial charge is 0.243 e. The molecule has 2 aliphatic rings. The van der Waals surface area contributed by atoms with E-state index < -0.39 is 0 Å². The van der Waals surface area contributed by atoms with Gasteiger partial charge >= 0.3 is 0 Å². The van der Waals surface area contributed by atoms with Crippen molar-refractivity contribution in [3.05, 3.63) is 0 Å². The quantitative estimate of drug-likeness (QED) is 0.504. The number of carbonyl (C=O) groups is 2. The highest BCUT2D eigenvalue weighted by atomic mass is 35.5. The Morgan fingerprint density at radius 3 is 2.77 bits per heavy atom. The minimum Gasteiger partial charge on any atom is -0.345 e. The third-order valence-corrected chi connectivity index (χ3v) is 2.37. The predicted octanol–water partition coefficient (Wildman–Crippen LogP) is -1.53. The standard InChI is InChI=1S/C7H11N3O2.ClH/c8-4-1-5-7(12)9-2-6(11)10(5)3-4;/h4-5H,1-3,8H2,(H,9,12);1H/t4-,5-;/m0./s1. The first kappa shape index (κ1) is 10.3.